The average Bonchev–Trinajstić information content (AvgIpc) is 3.15. The Morgan fingerprint density at radius 2 is 2.32 bits per heavy atom. The molecule has 1 saturated carbocycles. The van der Waals surface area contributed by atoms with Crippen LogP contribution in [0, 0.1) is 6.92 Å². The maximum atomic E-state index is 12.5. The maximum absolute atomic E-state index is 12.5. The fourth-order valence-electron chi connectivity index (χ4n) is 2.37. The highest BCUT2D eigenvalue weighted by Crippen LogP contribution is 2.29. The van der Waals surface area contributed by atoms with E-state index in [0.29, 0.717) is 12.2 Å². The number of carbonyl (C=O) groups is 1. The van der Waals surface area contributed by atoms with Crippen LogP contribution in [0.5, 0.6) is 0 Å². The SMILES string of the molecule is Cc1ccc2[nH]nc(C(=O)N(CCO)C3CC3)c2c1. The van der Waals surface area contributed by atoms with Crippen LogP contribution in [-0.4, -0.2) is 45.3 Å². The summed E-state index contributed by atoms with van der Waals surface area (Å²) in [6, 6.07) is 6.16. The number of fused-ring (bicyclic) bond motifs is 1. The van der Waals surface area contributed by atoms with Gasteiger partial charge in [0.25, 0.3) is 5.91 Å². The molecule has 100 valence electrons. The zero-order valence-electron chi connectivity index (χ0n) is 10.9. The number of benzene rings is 1. The van der Waals surface area contributed by atoms with Crippen LogP contribution >= 0.6 is 0 Å². The largest absolute Gasteiger partial charge is 0.395 e. The van der Waals surface area contributed by atoms with Crippen LogP contribution in [0.1, 0.15) is 28.9 Å². The standard InChI is InChI=1S/C14H17N3O2/c1-9-2-5-12-11(8-9)13(16-15-12)14(19)17(6-7-18)10-3-4-10/h2,5,8,10,18H,3-4,6-7H2,1H3,(H,15,16). The summed E-state index contributed by atoms with van der Waals surface area (Å²) in [6.45, 7) is 2.36. The van der Waals surface area contributed by atoms with Crippen molar-refractivity contribution in [3.05, 3.63) is 29.5 Å². The maximum Gasteiger partial charge on any atom is 0.275 e. The van der Waals surface area contributed by atoms with E-state index in [1.54, 1.807) is 4.90 Å². The number of aliphatic hydroxyl groups excluding tert-OH is 1. The lowest BCUT2D eigenvalue weighted by molar-refractivity contribution is 0.0703. The molecule has 1 aliphatic carbocycles. The minimum absolute atomic E-state index is 0.0103. The van der Waals surface area contributed by atoms with Crippen LogP contribution in [0.15, 0.2) is 18.2 Å². The van der Waals surface area contributed by atoms with Crippen LogP contribution in [0.25, 0.3) is 10.9 Å². The van der Waals surface area contributed by atoms with Gasteiger partial charge in [0.05, 0.1) is 12.1 Å². The van der Waals surface area contributed by atoms with Crippen molar-refractivity contribution in [3.63, 3.8) is 0 Å². The molecule has 19 heavy (non-hydrogen) atoms. The summed E-state index contributed by atoms with van der Waals surface area (Å²) >= 11 is 0. The van der Waals surface area contributed by atoms with Crippen LogP contribution in [-0.2, 0) is 0 Å². The van der Waals surface area contributed by atoms with Crippen LogP contribution in [0.2, 0.25) is 0 Å². The highest BCUT2D eigenvalue weighted by molar-refractivity contribution is 6.05. The zero-order valence-corrected chi connectivity index (χ0v) is 10.9. The Morgan fingerprint density at radius 1 is 1.53 bits per heavy atom. The second kappa shape index (κ2) is 4.66. The summed E-state index contributed by atoms with van der Waals surface area (Å²) < 4.78 is 0. The van der Waals surface area contributed by atoms with Crippen molar-refractivity contribution >= 4 is 16.8 Å². The predicted octanol–water partition coefficient (Wildman–Crippen LogP) is 1.47. The van der Waals surface area contributed by atoms with E-state index in [-0.39, 0.29) is 18.6 Å². The highest BCUT2D eigenvalue weighted by atomic mass is 16.3. The van der Waals surface area contributed by atoms with E-state index in [4.69, 9.17) is 5.11 Å². The number of aryl methyl sites for hydroxylation is 1. The molecule has 1 aromatic heterocycles. The van der Waals surface area contributed by atoms with E-state index >= 15 is 0 Å². The minimum Gasteiger partial charge on any atom is -0.395 e. The summed E-state index contributed by atoms with van der Waals surface area (Å²) in [6.07, 6.45) is 2.04. The van der Waals surface area contributed by atoms with Crippen molar-refractivity contribution in [2.45, 2.75) is 25.8 Å². The molecule has 1 fully saturated rings. The van der Waals surface area contributed by atoms with Gasteiger partial charge in [-0.1, -0.05) is 11.6 Å². The number of hydrogen-bond acceptors (Lipinski definition) is 3. The lowest BCUT2D eigenvalue weighted by atomic mass is 10.1. The van der Waals surface area contributed by atoms with E-state index in [0.717, 1.165) is 29.3 Å². The summed E-state index contributed by atoms with van der Waals surface area (Å²) in [7, 11) is 0. The molecule has 0 unspecified atom stereocenters. The molecular formula is C14H17N3O2. The minimum atomic E-state index is -0.0894. The zero-order chi connectivity index (χ0) is 13.4. The molecule has 0 spiro atoms. The number of hydrogen-bond donors (Lipinski definition) is 2. The van der Waals surface area contributed by atoms with Gasteiger partial charge in [-0.2, -0.15) is 5.10 Å². The number of aliphatic hydroxyl groups is 1. The van der Waals surface area contributed by atoms with Gasteiger partial charge in [-0.05, 0) is 31.9 Å². The number of carbonyl (C=O) groups excluding carboxylic acids is 1. The number of nitrogens with one attached hydrogen (secondary N) is 1. The van der Waals surface area contributed by atoms with Gasteiger partial charge in [-0.15, -0.1) is 0 Å². The summed E-state index contributed by atoms with van der Waals surface area (Å²) in [5.74, 6) is -0.0894. The number of amides is 1. The molecule has 2 N–H and O–H groups in total. The molecule has 0 radical (unpaired) electrons. The van der Waals surface area contributed by atoms with Crippen molar-refractivity contribution in [1.82, 2.24) is 15.1 Å². The molecule has 0 saturated heterocycles. The van der Waals surface area contributed by atoms with Crippen LogP contribution in [0.3, 0.4) is 0 Å². The first-order valence-electron chi connectivity index (χ1n) is 6.57. The molecule has 0 atom stereocenters. The highest BCUT2D eigenvalue weighted by Gasteiger charge is 2.34. The van der Waals surface area contributed by atoms with Crippen molar-refractivity contribution < 1.29 is 9.90 Å². The monoisotopic (exact) mass is 259 g/mol. The first-order chi connectivity index (χ1) is 9.20. The van der Waals surface area contributed by atoms with Crippen LogP contribution < -0.4 is 0 Å². The Bertz CT molecular complexity index is 616. The molecule has 5 nitrogen and oxygen atoms in total. The second-order valence-corrected chi connectivity index (χ2v) is 5.07. The van der Waals surface area contributed by atoms with E-state index in [1.165, 1.54) is 0 Å². The molecule has 1 aliphatic rings. The van der Waals surface area contributed by atoms with Gasteiger partial charge in [0.15, 0.2) is 5.69 Å². The Kier molecular flexibility index (Phi) is 2.98. The number of nitrogens with zero attached hydrogens (tertiary/aromatic N) is 2. The number of rotatable bonds is 4. The third-order valence-electron chi connectivity index (χ3n) is 3.51. The summed E-state index contributed by atoms with van der Waals surface area (Å²) in [4.78, 5) is 14.3. The van der Waals surface area contributed by atoms with Gasteiger partial charge < -0.3 is 10.0 Å². The predicted molar refractivity (Wildman–Crippen MR) is 72.0 cm³/mol. The Balaban J connectivity index is 1.98. The number of aromatic nitrogens is 2. The Hall–Kier alpha value is -1.88. The topological polar surface area (TPSA) is 69.2 Å². The third kappa shape index (κ3) is 2.21. The molecule has 0 bridgehead atoms. The molecule has 1 aromatic carbocycles. The average molecular weight is 259 g/mol. The van der Waals surface area contributed by atoms with Gasteiger partial charge in [0.1, 0.15) is 0 Å². The fourth-order valence-corrected chi connectivity index (χ4v) is 2.37. The summed E-state index contributed by atoms with van der Waals surface area (Å²) in [5, 5.41) is 17.0. The fraction of sp³-hybridized carbons (Fsp3) is 0.429. The van der Waals surface area contributed by atoms with Gasteiger partial charge in [-0.3, -0.25) is 9.89 Å². The van der Waals surface area contributed by atoms with Crippen molar-refractivity contribution in [2.24, 2.45) is 0 Å². The first-order valence-corrected chi connectivity index (χ1v) is 6.57. The lowest BCUT2D eigenvalue weighted by Crippen LogP contribution is -2.35. The second-order valence-electron chi connectivity index (χ2n) is 5.07. The third-order valence-corrected chi connectivity index (χ3v) is 3.51. The van der Waals surface area contributed by atoms with Gasteiger partial charge in [0.2, 0.25) is 0 Å². The molecule has 3 rings (SSSR count). The molecular weight excluding hydrogens is 242 g/mol. The van der Waals surface area contributed by atoms with E-state index in [9.17, 15) is 4.79 Å². The van der Waals surface area contributed by atoms with Crippen LogP contribution in [0.4, 0.5) is 0 Å². The quantitative estimate of drug-likeness (QED) is 0.873. The first kappa shape index (κ1) is 12.2. The molecule has 1 heterocycles. The van der Waals surface area contributed by atoms with E-state index in [2.05, 4.69) is 10.2 Å². The van der Waals surface area contributed by atoms with Gasteiger partial charge in [-0.25, -0.2) is 0 Å². The lowest BCUT2D eigenvalue weighted by Gasteiger charge is -2.20. The Labute approximate surface area is 111 Å². The van der Waals surface area contributed by atoms with E-state index in [1.807, 2.05) is 25.1 Å². The van der Waals surface area contributed by atoms with Crippen molar-refractivity contribution in [3.8, 4) is 0 Å². The summed E-state index contributed by atoms with van der Waals surface area (Å²) in [5.41, 5.74) is 2.43. The molecule has 2 aromatic rings. The molecule has 0 aliphatic heterocycles. The van der Waals surface area contributed by atoms with Gasteiger partial charge >= 0.3 is 0 Å². The van der Waals surface area contributed by atoms with Crippen molar-refractivity contribution in [2.75, 3.05) is 13.2 Å². The smallest absolute Gasteiger partial charge is 0.275 e. The molecule has 1 amide bonds. The van der Waals surface area contributed by atoms with Crippen molar-refractivity contribution in [1.29, 1.82) is 0 Å². The van der Waals surface area contributed by atoms with Gasteiger partial charge in [0, 0.05) is 18.0 Å². The Morgan fingerprint density at radius 3 is 3.00 bits per heavy atom. The normalized spacial score (nSPS) is 14.8. The molecule has 5 heteroatoms. The number of aromatic amines is 1. The van der Waals surface area contributed by atoms with E-state index < -0.39 is 0 Å². The number of H-pyrrole nitrogens is 1.